The Bertz CT molecular complexity index is 1250. The number of benzene rings is 3. The second-order valence-electron chi connectivity index (χ2n) is 9.82. The Kier molecular flexibility index (Phi) is 7.23. The first-order chi connectivity index (χ1) is 16.7. The molecular weight excluding hydrogens is 458 g/mol. The van der Waals surface area contributed by atoms with Gasteiger partial charge in [0.1, 0.15) is 5.75 Å². The molecule has 0 spiro atoms. The van der Waals surface area contributed by atoms with Crippen molar-refractivity contribution in [3.63, 3.8) is 0 Å². The number of carboxylic acid groups (broad SMARTS) is 1. The average Bonchev–Trinajstić information content (AvgIpc) is 2.82. The van der Waals surface area contributed by atoms with Gasteiger partial charge in [0.25, 0.3) is 0 Å². The van der Waals surface area contributed by atoms with Crippen molar-refractivity contribution in [2.45, 2.75) is 45.6 Å². The van der Waals surface area contributed by atoms with E-state index in [4.69, 9.17) is 16.7 Å². The fourth-order valence-electron chi connectivity index (χ4n) is 5.00. The summed E-state index contributed by atoms with van der Waals surface area (Å²) in [6, 6.07) is 20.0. The molecule has 2 N–H and O–H groups in total. The van der Waals surface area contributed by atoms with Gasteiger partial charge in [0.2, 0.25) is 0 Å². The highest BCUT2D eigenvalue weighted by Crippen LogP contribution is 2.45. The van der Waals surface area contributed by atoms with Crippen molar-refractivity contribution in [1.82, 2.24) is 0 Å². The molecule has 0 amide bonds. The number of phenols is 1. The second kappa shape index (κ2) is 10.2. The molecule has 35 heavy (non-hydrogen) atoms. The zero-order valence-corrected chi connectivity index (χ0v) is 21.2. The fourth-order valence-corrected chi connectivity index (χ4v) is 5.27. The minimum Gasteiger partial charge on any atom is -0.508 e. The molecule has 1 aliphatic heterocycles. The molecule has 1 unspecified atom stereocenters. The first kappa shape index (κ1) is 24.9. The molecule has 0 aromatic heterocycles. The van der Waals surface area contributed by atoms with Crippen molar-refractivity contribution in [2.75, 3.05) is 11.4 Å². The van der Waals surface area contributed by atoms with E-state index in [0.717, 1.165) is 64.8 Å². The maximum absolute atomic E-state index is 10.9. The van der Waals surface area contributed by atoms with Gasteiger partial charge >= 0.3 is 5.97 Å². The number of carboxylic acids is 1. The fraction of sp³-hybridized carbons (Fsp3) is 0.300. The number of hydrogen-bond donors (Lipinski definition) is 2. The van der Waals surface area contributed by atoms with Gasteiger partial charge in [0, 0.05) is 23.3 Å². The lowest BCUT2D eigenvalue weighted by molar-refractivity contribution is -0.131. The Morgan fingerprint density at radius 2 is 1.86 bits per heavy atom. The summed E-state index contributed by atoms with van der Waals surface area (Å²) in [7, 11) is 0. The Labute approximate surface area is 212 Å². The van der Waals surface area contributed by atoms with Crippen LogP contribution in [0.5, 0.6) is 5.75 Å². The van der Waals surface area contributed by atoms with Gasteiger partial charge in [-0.15, -0.1) is 0 Å². The predicted molar refractivity (Wildman–Crippen MR) is 143 cm³/mol. The van der Waals surface area contributed by atoms with Crippen molar-refractivity contribution >= 4 is 29.3 Å². The maximum Gasteiger partial charge on any atom is 0.328 e. The first-order valence-corrected chi connectivity index (χ1v) is 12.5. The largest absolute Gasteiger partial charge is 0.508 e. The summed E-state index contributed by atoms with van der Waals surface area (Å²) < 4.78 is 0. The van der Waals surface area contributed by atoms with Crippen molar-refractivity contribution in [3.05, 3.63) is 99.6 Å². The Morgan fingerprint density at radius 3 is 2.51 bits per heavy atom. The highest BCUT2D eigenvalue weighted by molar-refractivity contribution is 6.31. The van der Waals surface area contributed by atoms with E-state index < -0.39 is 11.5 Å². The molecule has 3 aromatic rings. The molecule has 4 rings (SSSR count). The summed E-state index contributed by atoms with van der Waals surface area (Å²) >= 11 is 6.76. The van der Waals surface area contributed by atoms with Crippen LogP contribution in [-0.2, 0) is 23.2 Å². The molecule has 5 heteroatoms. The number of aryl methyl sites for hydroxylation is 1. The number of phenolic OH excluding ortho intramolecular Hbond substituents is 1. The standard InChI is InChI=1S/C30H32ClNO3/c1-20(2)4-8-22-9-12-25(19-28(22)31)32-17-16-23-18-26(33)13-14-27(23)30(32,3)24-10-5-21(6-11-24)7-15-29(34)35/h5-7,9-15,18-20,33H,4,8,16-17H2,1-3H3,(H,34,35)/b15-7+. The van der Waals surface area contributed by atoms with E-state index >= 15 is 0 Å². The molecular formula is C30H32ClNO3. The van der Waals surface area contributed by atoms with Gasteiger partial charge in [0.05, 0.1) is 5.54 Å². The van der Waals surface area contributed by atoms with Crippen LogP contribution in [-0.4, -0.2) is 22.7 Å². The normalized spacial score (nSPS) is 17.7. The van der Waals surface area contributed by atoms with Crippen LogP contribution in [0.15, 0.2) is 66.7 Å². The summed E-state index contributed by atoms with van der Waals surface area (Å²) in [5.74, 6) is -0.0782. The number of fused-ring (bicyclic) bond motifs is 1. The monoisotopic (exact) mass is 489 g/mol. The molecule has 4 nitrogen and oxygen atoms in total. The SMILES string of the molecule is CC(C)CCc1ccc(N2CCc3cc(O)ccc3C2(C)c2ccc(/C=C/C(=O)O)cc2)cc1Cl. The van der Waals surface area contributed by atoms with E-state index in [1.54, 1.807) is 12.1 Å². The second-order valence-corrected chi connectivity index (χ2v) is 10.2. The number of rotatable bonds is 7. The van der Waals surface area contributed by atoms with Crippen LogP contribution in [0.4, 0.5) is 5.69 Å². The van der Waals surface area contributed by atoms with E-state index in [1.165, 1.54) is 5.56 Å². The van der Waals surface area contributed by atoms with Crippen LogP contribution >= 0.6 is 11.6 Å². The molecule has 1 heterocycles. The van der Waals surface area contributed by atoms with Crippen LogP contribution in [0.1, 0.15) is 55.0 Å². The number of aliphatic carboxylic acids is 1. The van der Waals surface area contributed by atoms with Crippen LogP contribution in [0.2, 0.25) is 5.02 Å². The van der Waals surface area contributed by atoms with E-state index in [1.807, 2.05) is 24.3 Å². The molecule has 0 fully saturated rings. The highest BCUT2D eigenvalue weighted by Gasteiger charge is 2.40. The van der Waals surface area contributed by atoms with E-state index in [2.05, 4.69) is 56.0 Å². The van der Waals surface area contributed by atoms with Crippen molar-refractivity contribution < 1.29 is 15.0 Å². The third-order valence-corrected chi connectivity index (χ3v) is 7.34. The third-order valence-electron chi connectivity index (χ3n) is 6.99. The van der Waals surface area contributed by atoms with Gasteiger partial charge in [-0.25, -0.2) is 4.79 Å². The summed E-state index contributed by atoms with van der Waals surface area (Å²) in [5.41, 5.74) is 5.89. The van der Waals surface area contributed by atoms with Gasteiger partial charge in [0.15, 0.2) is 0 Å². The molecule has 0 radical (unpaired) electrons. The number of nitrogens with zero attached hydrogens (tertiary/aromatic N) is 1. The number of anilines is 1. The van der Waals surface area contributed by atoms with Crippen LogP contribution < -0.4 is 4.90 Å². The van der Waals surface area contributed by atoms with Gasteiger partial charge in [-0.2, -0.15) is 0 Å². The molecule has 0 saturated carbocycles. The lowest BCUT2D eigenvalue weighted by Crippen LogP contribution is -2.49. The van der Waals surface area contributed by atoms with Crippen LogP contribution in [0, 0.1) is 5.92 Å². The van der Waals surface area contributed by atoms with Crippen LogP contribution in [0.25, 0.3) is 6.08 Å². The minimum absolute atomic E-state index is 0.270. The Morgan fingerprint density at radius 1 is 1.11 bits per heavy atom. The summed E-state index contributed by atoms with van der Waals surface area (Å²) in [4.78, 5) is 13.3. The van der Waals surface area contributed by atoms with Crippen molar-refractivity contribution in [1.29, 1.82) is 0 Å². The predicted octanol–water partition coefficient (Wildman–Crippen LogP) is 7.06. The molecule has 0 saturated heterocycles. The Hall–Kier alpha value is -3.24. The summed E-state index contributed by atoms with van der Waals surface area (Å²) in [6.45, 7) is 7.42. The lowest BCUT2D eigenvalue weighted by atomic mass is 9.76. The molecule has 1 atom stereocenters. The molecule has 182 valence electrons. The Balaban J connectivity index is 1.77. The smallest absolute Gasteiger partial charge is 0.328 e. The van der Waals surface area contributed by atoms with E-state index in [9.17, 15) is 9.90 Å². The number of halogens is 1. The zero-order valence-electron chi connectivity index (χ0n) is 20.5. The van der Waals surface area contributed by atoms with Gasteiger partial charge < -0.3 is 15.1 Å². The van der Waals surface area contributed by atoms with E-state index in [-0.39, 0.29) is 5.75 Å². The quantitative estimate of drug-likeness (QED) is 0.349. The average molecular weight is 490 g/mol. The maximum atomic E-state index is 10.9. The number of carbonyl (C=O) groups is 1. The first-order valence-electron chi connectivity index (χ1n) is 12.1. The van der Waals surface area contributed by atoms with Crippen molar-refractivity contribution in [2.24, 2.45) is 5.92 Å². The molecule has 0 bridgehead atoms. The molecule has 0 aliphatic carbocycles. The van der Waals surface area contributed by atoms with Gasteiger partial charge in [-0.1, -0.05) is 61.8 Å². The zero-order chi connectivity index (χ0) is 25.2. The van der Waals surface area contributed by atoms with Gasteiger partial charge in [-0.3, -0.25) is 0 Å². The number of hydrogen-bond acceptors (Lipinski definition) is 3. The molecule has 3 aromatic carbocycles. The minimum atomic E-state index is -0.970. The summed E-state index contributed by atoms with van der Waals surface area (Å²) in [5, 5.41) is 19.9. The lowest BCUT2D eigenvalue weighted by Gasteiger charge is -2.48. The van der Waals surface area contributed by atoms with Crippen LogP contribution in [0.3, 0.4) is 0 Å². The van der Waals surface area contributed by atoms with Gasteiger partial charge in [-0.05, 0) is 90.3 Å². The third kappa shape index (κ3) is 5.23. The van der Waals surface area contributed by atoms with Crippen molar-refractivity contribution in [3.8, 4) is 5.75 Å². The summed E-state index contributed by atoms with van der Waals surface area (Å²) in [6.07, 6.45) is 5.60. The number of aromatic hydroxyl groups is 1. The highest BCUT2D eigenvalue weighted by atomic mass is 35.5. The topological polar surface area (TPSA) is 60.8 Å². The van der Waals surface area contributed by atoms with E-state index in [0.29, 0.717) is 5.92 Å². The molecule has 1 aliphatic rings.